The summed E-state index contributed by atoms with van der Waals surface area (Å²) in [6, 6.07) is 12.2. The van der Waals surface area contributed by atoms with E-state index in [0.717, 1.165) is 56.6 Å². The number of amides is 2. The van der Waals surface area contributed by atoms with E-state index in [9.17, 15) is 14.9 Å². The molecule has 2 aliphatic rings. The molecule has 2 aromatic rings. The van der Waals surface area contributed by atoms with Crippen molar-refractivity contribution in [2.75, 3.05) is 44.6 Å². The summed E-state index contributed by atoms with van der Waals surface area (Å²) in [6.45, 7) is 4.96. The lowest BCUT2D eigenvalue weighted by Crippen LogP contribution is -2.49. The van der Waals surface area contributed by atoms with E-state index < -0.39 is 0 Å². The van der Waals surface area contributed by atoms with E-state index in [1.54, 1.807) is 11.3 Å². The van der Waals surface area contributed by atoms with Gasteiger partial charge in [0.05, 0.1) is 12.1 Å². The molecule has 4 rings (SSSR count). The van der Waals surface area contributed by atoms with Crippen molar-refractivity contribution in [2.24, 2.45) is 0 Å². The van der Waals surface area contributed by atoms with Gasteiger partial charge in [-0.3, -0.25) is 14.5 Å². The van der Waals surface area contributed by atoms with E-state index in [4.69, 9.17) is 0 Å². The second-order valence-electron chi connectivity index (χ2n) is 8.35. The fraction of sp³-hybridized carbons (Fsp3) is 0.458. The maximum atomic E-state index is 12.4. The molecule has 1 aromatic heterocycles. The summed E-state index contributed by atoms with van der Waals surface area (Å²) < 4.78 is 0. The average molecular weight is 452 g/mol. The number of rotatable bonds is 8. The zero-order valence-electron chi connectivity index (χ0n) is 18.2. The van der Waals surface area contributed by atoms with Crippen LogP contribution in [0.15, 0.2) is 30.3 Å². The van der Waals surface area contributed by atoms with Crippen LogP contribution in [-0.2, 0) is 29.0 Å². The first-order valence-corrected chi connectivity index (χ1v) is 12.0. The zero-order chi connectivity index (χ0) is 22.3. The minimum Gasteiger partial charge on any atom is -0.351 e. The number of nitriles is 1. The number of carbonyl (C=O) groups excluding carboxylic acids is 2. The first-order valence-electron chi connectivity index (χ1n) is 11.2. The number of aryl methyl sites for hydroxylation is 1. The highest BCUT2D eigenvalue weighted by Gasteiger charge is 2.24. The Balaban J connectivity index is 1.14. The standard InChI is InChI=1S/C24H29N5O2S/c25-15-20-19-7-4-8-21(19)32-24(20)27-22(30)9-10-28-11-13-29(14-12-28)17-23(31)26-16-18-5-2-1-3-6-18/h1-3,5-6H,4,7-14,16-17H2,(H,26,31)(H,27,30). The van der Waals surface area contributed by atoms with Crippen molar-refractivity contribution in [3.05, 3.63) is 51.9 Å². The summed E-state index contributed by atoms with van der Waals surface area (Å²) in [6.07, 6.45) is 3.47. The van der Waals surface area contributed by atoms with Crippen molar-refractivity contribution in [3.8, 4) is 6.07 Å². The minimum atomic E-state index is -0.0378. The summed E-state index contributed by atoms with van der Waals surface area (Å²) in [5, 5.41) is 16.1. The molecule has 1 saturated heterocycles. The number of hydrogen-bond acceptors (Lipinski definition) is 6. The molecule has 2 N–H and O–H groups in total. The van der Waals surface area contributed by atoms with Crippen molar-refractivity contribution < 1.29 is 9.59 Å². The third kappa shape index (κ3) is 5.74. The zero-order valence-corrected chi connectivity index (χ0v) is 19.0. The van der Waals surface area contributed by atoms with Gasteiger partial charge in [0.1, 0.15) is 11.1 Å². The third-order valence-electron chi connectivity index (χ3n) is 6.11. The first-order chi connectivity index (χ1) is 15.6. The van der Waals surface area contributed by atoms with Crippen LogP contribution in [0.3, 0.4) is 0 Å². The minimum absolute atomic E-state index is 0.0378. The fourth-order valence-corrected chi connectivity index (χ4v) is 5.54. The van der Waals surface area contributed by atoms with Gasteiger partial charge in [-0.15, -0.1) is 11.3 Å². The highest BCUT2D eigenvalue weighted by molar-refractivity contribution is 7.16. The van der Waals surface area contributed by atoms with E-state index in [-0.39, 0.29) is 11.8 Å². The number of fused-ring (bicyclic) bond motifs is 1. The lowest BCUT2D eigenvalue weighted by Gasteiger charge is -2.34. The van der Waals surface area contributed by atoms with E-state index in [1.807, 2.05) is 30.3 Å². The molecule has 0 bridgehead atoms. The fourth-order valence-electron chi connectivity index (χ4n) is 4.29. The van der Waals surface area contributed by atoms with Crippen molar-refractivity contribution in [1.29, 1.82) is 5.26 Å². The quantitative estimate of drug-likeness (QED) is 0.643. The van der Waals surface area contributed by atoms with Gasteiger partial charge in [-0.1, -0.05) is 30.3 Å². The molecule has 32 heavy (non-hydrogen) atoms. The van der Waals surface area contributed by atoms with Gasteiger partial charge in [0.2, 0.25) is 11.8 Å². The molecule has 1 aliphatic carbocycles. The number of anilines is 1. The molecule has 0 radical (unpaired) electrons. The molecule has 0 unspecified atom stereocenters. The maximum Gasteiger partial charge on any atom is 0.234 e. The number of piperazine rings is 1. The van der Waals surface area contributed by atoms with Crippen LogP contribution >= 0.6 is 11.3 Å². The van der Waals surface area contributed by atoms with Gasteiger partial charge in [-0.05, 0) is 30.4 Å². The summed E-state index contributed by atoms with van der Waals surface area (Å²) in [5.41, 5.74) is 2.89. The van der Waals surface area contributed by atoms with Crippen molar-refractivity contribution in [3.63, 3.8) is 0 Å². The molecule has 0 saturated carbocycles. The van der Waals surface area contributed by atoms with Crippen molar-refractivity contribution in [2.45, 2.75) is 32.2 Å². The van der Waals surface area contributed by atoms with Gasteiger partial charge in [0.15, 0.2) is 0 Å². The lowest BCUT2D eigenvalue weighted by atomic mass is 10.1. The van der Waals surface area contributed by atoms with E-state index >= 15 is 0 Å². The predicted octanol–water partition coefficient (Wildman–Crippen LogP) is 2.37. The highest BCUT2D eigenvalue weighted by atomic mass is 32.1. The molecule has 8 heteroatoms. The number of carbonyl (C=O) groups is 2. The van der Waals surface area contributed by atoms with Crippen LogP contribution in [0.2, 0.25) is 0 Å². The van der Waals surface area contributed by atoms with Gasteiger partial charge in [-0.25, -0.2) is 0 Å². The Morgan fingerprint density at radius 3 is 2.53 bits per heavy atom. The number of nitrogens with zero attached hydrogens (tertiary/aromatic N) is 3. The monoisotopic (exact) mass is 451 g/mol. The van der Waals surface area contributed by atoms with E-state index in [1.165, 1.54) is 4.88 Å². The van der Waals surface area contributed by atoms with Gasteiger partial charge < -0.3 is 15.5 Å². The Hall–Kier alpha value is -2.73. The van der Waals surface area contributed by atoms with Crippen molar-refractivity contribution >= 4 is 28.2 Å². The summed E-state index contributed by atoms with van der Waals surface area (Å²) in [5.74, 6) is 0.00182. The number of benzene rings is 1. The molecule has 0 atom stereocenters. The molecule has 0 spiro atoms. The second kappa shape index (κ2) is 10.7. The molecular formula is C24H29N5O2S. The normalized spacial score (nSPS) is 16.3. The Bertz CT molecular complexity index is 990. The van der Waals surface area contributed by atoms with Crippen LogP contribution in [-0.4, -0.2) is 60.9 Å². The maximum absolute atomic E-state index is 12.4. The largest absolute Gasteiger partial charge is 0.351 e. The van der Waals surface area contributed by atoms with Gasteiger partial charge in [0, 0.05) is 50.6 Å². The summed E-state index contributed by atoms with van der Waals surface area (Å²) in [4.78, 5) is 30.3. The lowest BCUT2D eigenvalue weighted by molar-refractivity contribution is -0.122. The summed E-state index contributed by atoms with van der Waals surface area (Å²) in [7, 11) is 0. The molecule has 1 aliphatic heterocycles. The van der Waals surface area contributed by atoms with Crippen LogP contribution in [0.5, 0.6) is 0 Å². The molecular weight excluding hydrogens is 422 g/mol. The molecule has 2 amide bonds. The van der Waals surface area contributed by atoms with Crippen molar-refractivity contribution in [1.82, 2.24) is 15.1 Å². The van der Waals surface area contributed by atoms with Gasteiger partial charge in [0.25, 0.3) is 0 Å². The van der Waals surface area contributed by atoms with Gasteiger partial charge in [-0.2, -0.15) is 5.26 Å². The molecule has 2 heterocycles. The Morgan fingerprint density at radius 1 is 1.03 bits per heavy atom. The predicted molar refractivity (Wildman–Crippen MR) is 125 cm³/mol. The molecule has 1 aromatic carbocycles. The van der Waals surface area contributed by atoms with Gasteiger partial charge >= 0.3 is 0 Å². The highest BCUT2D eigenvalue weighted by Crippen LogP contribution is 2.38. The SMILES string of the molecule is N#Cc1c(NC(=O)CCN2CCN(CC(=O)NCc3ccccc3)CC2)sc2c1CCC2. The first kappa shape index (κ1) is 22.5. The Morgan fingerprint density at radius 2 is 1.78 bits per heavy atom. The van der Waals surface area contributed by atoms with E-state index in [0.29, 0.717) is 36.6 Å². The number of thiophene rings is 1. The van der Waals surface area contributed by atoms with Crippen LogP contribution in [0, 0.1) is 11.3 Å². The molecule has 168 valence electrons. The third-order valence-corrected chi connectivity index (χ3v) is 7.31. The number of hydrogen-bond donors (Lipinski definition) is 2. The summed E-state index contributed by atoms with van der Waals surface area (Å²) >= 11 is 1.56. The van der Waals surface area contributed by atoms with E-state index in [2.05, 4.69) is 26.5 Å². The van der Waals surface area contributed by atoms with Crippen LogP contribution in [0.4, 0.5) is 5.00 Å². The average Bonchev–Trinajstić information content (AvgIpc) is 3.39. The topological polar surface area (TPSA) is 88.5 Å². The Kier molecular flexibility index (Phi) is 7.53. The second-order valence-corrected chi connectivity index (χ2v) is 9.46. The van der Waals surface area contributed by atoms with Crippen LogP contribution in [0.1, 0.15) is 34.4 Å². The molecule has 7 nitrogen and oxygen atoms in total. The molecule has 1 fully saturated rings. The Labute approximate surface area is 193 Å². The van der Waals surface area contributed by atoms with Crippen LogP contribution in [0.25, 0.3) is 0 Å². The van der Waals surface area contributed by atoms with Crippen LogP contribution < -0.4 is 10.6 Å². The smallest absolute Gasteiger partial charge is 0.234 e. The number of nitrogens with one attached hydrogen (secondary N) is 2.